The van der Waals surface area contributed by atoms with Crippen molar-refractivity contribution in [2.45, 2.75) is 12.5 Å². The van der Waals surface area contributed by atoms with Crippen LogP contribution in [0.5, 0.6) is 0 Å². The summed E-state index contributed by atoms with van der Waals surface area (Å²) >= 11 is 0. The normalized spacial score (nSPS) is 24.5. The maximum absolute atomic E-state index is 10.4. The smallest absolute Gasteiger partial charge is 0.305 e. The summed E-state index contributed by atoms with van der Waals surface area (Å²) < 4.78 is 0. The number of carboxylic acid groups (broad SMARTS) is 1. The Morgan fingerprint density at radius 2 is 2.46 bits per heavy atom. The Bertz CT molecular complexity index is 173. The van der Waals surface area contributed by atoms with Crippen LogP contribution in [0.3, 0.4) is 0 Å². The van der Waals surface area contributed by atoms with E-state index in [1.807, 2.05) is 0 Å². The van der Waals surface area contributed by atoms with Gasteiger partial charge in [-0.2, -0.15) is 0 Å². The van der Waals surface area contributed by atoms with E-state index in [1.54, 1.807) is 0 Å². The standard InChI is InChI=1S/C8H16N3O2/c9-1-3-11-4-2-10-7(6-11)5-8(12)13/h7H,1-6,9H2,(H,12,13). The fourth-order valence-corrected chi connectivity index (χ4v) is 1.55. The molecule has 3 N–H and O–H groups in total. The van der Waals surface area contributed by atoms with Crippen LogP contribution < -0.4 is 11.1 Å². The van der Waals surface area contributed by atoms with E-state index in [2.05, 4.69) is 10.2 Å². The number of piperazine rings is 1. The van der Waals surface area contributed by atoms with Gasteiger partial charge in [0, 0.05) is 38.8 Å². The highest BCUT2D eigenvalue weighted by atomic mass is 16.4. The second-order valence-electron chi connectivity index (χ2n) is 3.25. The van der Waals surface area contributed by atoms with Gasteiger partial charge in [-0.1, -0.05) is 0 Å². The average molecular weight is 186 g/mol. The minimum Gasteiger partial charge on any atom is -0.481 e. The molecule has 0 aromatic rings. The van der Waals surface area contributed by atoms with Crippen molar-refractivity contribution in [3.05, 3.63) is 0 Å². The second kappa shape index (κ2) is 5.16. The molecule has 1 aliphatic rings. The fraction of sp³-hybridized carbons (Fsp3) is 0.875. The van der Waals surface area contributed by atoms with E-state index in [-0.39, 0.29) is 12.5 Å². The first kappa shape index (κ1) is 10.4. The minimum absolute atomic E-state index is 0.0437. The topological polar surface area (TPSA) is 80.7 Å². The summed E-state index contributed by atoms with van der Waals surface area (Å²) in [6.45, 7) is 3.85. The molecule has 75 valence electrons. The van der Waals surface area contributed by atoms with Crippen LogP contribution in [0, 0.1) is 0 Å². The molecule has 1 aliphatic heterocycles. The van der Waals surface area contributed by atoms with Crippen molar-refractivity contribution in [3.8, 4) is 0 Å². The van der Waals surface area contributed by atoms with Gasteiger partial charge in [0.15, 0.2) is 0 Å². The average Bonchev–Trinajstić information content (AvgIpc) is 2.04. The van der Waals surface area contributed by atoms with Crippen LogP contribution in [-0.2, 0) is 4.79 Å². The van der Waals surface area contributed by atoms with Crippen molar-refractivity contribution < 1.29 is 9.90 Å². The molecule has 5 heteroatoms. The Labute approximate surface area is 77.9 Å². The lowest BCUT2D eigenvalue weighted by Gasteiger charge is -2.31. The van der Waals surface area contributed by atoms with Gasteiger partial charge < -0.3 is 10.8 Å². The van der Waals surface area contributed by atoms with Gasteiger partial charge in [-0.15, -0.1) is 0 Å². The Morgan fingerprint density at radius 1 is 1.69 bits per heavy atom. The first-order chi connectivity index (χ1) is 6.22. The van der Waals surface area contributed by atoms with E-state index < -0.39 is 5.97 Å². The predicted molar refractivity (Wildman–Crippen MR) is 48.5 cm³/mol. The van der Waals surface area contributed by atoms with Gasteiger partial charge in [0.2, 0.25) is 0 Å². The molecule has 5 nitrogen and oxygen atoms in total. The number of rotatable bonds is 4. The Balaban J connectivity index is 2.28. The quantitative estimate of drug-likeness (QED) is 0.572. The van der Waals surface area contributed by atoms with Crippen molar-refractivity contribution in [2.24, 2.45) is 5.73 Å². The van der Waals surface area contributed by atoms with E-state index in [4.69, 9.17) is 10.8 Å². The lowest BCUT2D eigenvalue weighted by Crippen LogP contribution is -2.49. The molecule has 13 heavy (non-hydrogen) atoms. The van der Waals surface area contributed by atoms with Crippen molar-refractivity contribution >= 4 is 5.97 Å². The number of hydrogen-bond acceptors (Lipinski definition) is 3. The molecule has 1 radical (unpaired) electrons. The molecule has 1 unspecified atom stereocenters. The van der Waals surface area contributed by atoms with Crippen molar-refractivity contribution in [1.82, 2.24) is 10.2 Å². The van der Waals surface area contributed by atoms with Gasteiger partial charge >= 0.3 is 5.97 Å². The number of carbonyl (C=O) groups is 1. The highest BCUT2D eigenvalue weighted by Crippen LogP contribution is 2.03. The van der Waals surface area contributed by atoms with Gasteiger partial charge in [0.1, 0.15) is 0 Å². The molecule has 0 amide bonds. The number of nitrogens with two attached hydrogens (primary N) is 1. The van der Waals surface area contributed by atoms with Crippen LogP contribution in [0.4, 0.5) is 0 Å². The summed E-state index contributed by atoms with van der Waals surface area (Å²) in [6, 6.07) is -0.0437. The molecule has 0 aromatic heterocycles. The van der Waals surface area contributed by atoms with Gasteiger partial charge in [0.05, 0.1) is 6.42 Å². The van der Waals surface area contributed by atoms with Crippen LogP contribution in [0.25, 0.3) is 0 Å². The molecule has 0 spiro atoms. The van der Waals surface area contributed by atoms with E-state index in [0.29, 0.717) is 6.54 Å². The van der Waals surface area contributed by atoms with E-state index in [1.165, 1.54) is 0 Å². The maximum atomic E-state index is 10.4. The molecule has 0 aliphatic carbocycles. The molecule has 0 aromatic carbocycles. The summed E-state index contributed by atoms with van der Waals surface area (Å²) in [5.41, 5.74) is 5.42. The van der Waals surface area contributed by atoms with Gasteiger partial charge in [0.25, 0.3) is 0 Å². The summed E-state index contributed by atoms with van der Waals surface area (Å²) in [6.07, 6.45) is 0.140. The van der Waals surface area contributed by atoms with Crippen molar-refractivity contribution in [1.29, 1.82) is 0 Å². The zero-order chi connectivity index (χ0) is 9.68. The maximum Gasteiger partial charge on any atom is 0.305 e. The monoisotopic (exact) mass is 186 g/mol. The number of hydrogen-bond donors (Lipinski definition) is 2. The number of nitrogens with zero attached hydrogens (tertiary/aromatic N) is 2. The molecule has 1 rings (SSSR count). The third-order valence-electron chi connectivity index (χ3n) is 2.13. The van der Waals surface area contributed by atoms with E-state index >= 15 is 0 Å². The molecule has 1 fully saturated rings. The van der Waals surface area contributed by atoms with E-state index in [9.17, 15) is 4.79 Å². The SMILES string of the molecule is NCCN1CC[N]C(CC(=O)O)C1. The molecular weight excluding hydrogens is 170 g/mol. The van der Waals surface area contributed by atoms with Crippen LogP contribution in [0.2, 0.25) is 0 Å². The third-order valence-corrected chi connectivity index (χ3v) is 2.13. The summed E-state index contributed by atoms with van der Waals surface area (Å²) in [4.78, 5) is 12.6. The molecule has 1 atom stereocenters. The second-order valence-corrected chi connectivity index (χ2v) is 3.25. The first-order valence-electron chi connectivity index (χ1n) is 4.53. The first-order valence-corrected chi connectivity index (χ1v) is 4.53. The predicted octanol–water partition coefficient (Wildman–Crippen LogP) is -1.29. The summed E-state index contributed by atoms with van der Waals surface area (Å²) in [5.74, 6) is -0.775. The molecular formula is C8H16N3O2. The van der Waals surface area contributed by atoms with Crippen LogP contribution >= 0.6 is 0 Å². The number of carboxylic acids is 1. The molecule has 0 saturated carbocycles. The molecule has 1 heterocycles. The van der Waals surface area contributed by atoms with Gasteiger partial charge in [-0.3, -0.25) is 9.69 Å². The summed E-state index contributed by atoms with van der Waals surface area (Å²) in [7, 11) is 0. The zero-order valence-corrected chi connectivity index (χ0v) is 7.65. The molecule has 1 saturated heterocycles. The number of aliphatic carboxylic acids is 1. The summed E-state index contributed by atoms with van der Waals surface area (Å²) in [5, 5.41) is 12.8. The Hall–Kier alpha value is -0.650. The van der Waals surface area contributed by atoms with Crippen LogP contribution in [0.1, 0.15) is 6.42 Å². The zero-order valence-electron chi connectivity index (χ0n) is 7.65. The van der Waals surface area contributed by atoms with Crippen molar-refractivity contribution in [3.63, 3.8) is 0 Å². The minimum atomic E-state index is -0.775. The Morgan fingerprint density at radius 3 is 3.08 bits per heavy atom. The Kier molecular flexibility index (Phi) is 4.14. The lowest BCUT2D eigenvalue weighted by molar-refractivity contribution is -0.137. The van der Waals surface area contributed by atoms with E-state index in [0.717, 1.165) is 26.2 Å². The third kappa shape index (κ3) is 3.71. The van der Waals surface area contributed by atoms with Crippen LogP contribution in [0.15, 0.2) is 0 Å². The lowest BCUT2D eigenvalue weighted by atomic mass is 10.1. The highest BCUT2D eigenvalue weighted by molar-refractivity contribution is 5.67. The van der Waals surface area contributed by atoms with Crippen molar-refractivity contribution in [2.75, 3.05) is 32.7 Å². The van der Waals surface area contributed by atoms with Gasteiger partial charge in [-0.25, -0.2) is 5.32 Å². The van der Waals surface area contributed by atoms with Gasteiger partial charge in [-0.05, 0) is 0 Å². The largest absolute Gasteiger partial charge is 0.481 e. The fourth-order valence-electron chi connectivity index (χ4n) is 1.55. The highest BCUT2D eigenvalue weighted by Gasteiger charge is 2.21. The van der Waals surface area contributed by atoms with Crippen LogP contribution in [-0.4, -0.2) is 54.7 Å². The molecule has 0 bridgehead atoms.